The van der Waals surface area contributed by atoms with Crippen LogP contribution < -0.4 is 10.0 Å². The lowest BCUT2D eigenvalue weighted by Gasteiger charge is -2.13. The van der Waals surface area contributed by atoms with E-state index in [1.807, 2.05) is 0 Å². The maximum atomic E-state index is 13.4. The first-order valence-electron chi connectivity index (χ1n) is 6.44. The summed E-state index contributed by atoms with van der Waals surface area (Å²) in [6.45, 7) is 3.05. The van der Waals surface area contributed by atoms with Crippen LogP contribution in [0.3, 0.4) is 0 Å². The topological polar surface area (TPSA) is 75.3 Å². The van der Waals surface area contributed by atoms with Gasteiger partial charge in [-0.05, 0) is 36.8 Å². The Morgan fingerprint density at radius 3 is 2.45 bits per heavy atom. The van der Waals surface area contributed by atoms with Crippen LogP contribution in [0.25, 0.3) is 0 Å². The lowest BCUT2D eigenvalue weighted by atomic mass is 10.2. The highest BCUT2D eigenvalue weighted by Crippen LogP contribution is 2.26. The van der Waals surface area contributed by atoms with E-state index in [0.717, 1.165) is 17.7 Å². The summed E-state index contributed by atoms with van der Waals surface area (Å²) in [4.78, 5) is 11.2. The summed E-state index contributed by atoms with van der Waals surface area (Å²) >= 11 is 0. The molecule has 0 fully saturated rings. The zero-order chi connectivity index (χ0) is 16.3. The van der Waals surface area contributed by atoms with Gasteiger partial charge in [0.1, 0.15) is 5.82 Å². The van der Waals surface area contributed by atoms with E-state index >= 15 is 0 Å². The molecule has 2 aromatic rings. The lowest BCUT2D eigenvalue weighted by molar-refractivity contribution is -0.114. The van der Waals surface area contributed by atoms with Gasteiger partial charge in [0.15, 0.2) is 0 Å². The van der Waals surface area contributed by atoms with E-state index in [0.29, 0.717) is 0 Å². The molecule has 5 nitrogen and oxygen atoms in total. The number of carbonyl (C=O) groups is 1. The van der Waals surface area contributed by atoms with Gasteiger partial charge in [-0.1, -0.05) is 12.1 Å². The third-order valence-electron chi connectivity index (χ3n) is 2.84. The van der Waals surface area contributed by atoms with Gasteiger partial charge in [-0.25, -0.2) is 12.8 Å². The van der Waals surface area contributed by atoms with Crippen molar-refractivity contribution >= 4 is 27.3 Å². The van der Waals surface area contributed by atoms with Crippen LogP contribution in [0.15, 0.2) is 47.4 Å². The first kappa shape index (κ1) is 16.0. The second kappa shape index (κ2) is 6.15. The molecule has 7 heteroatoms. The SMILES string of the molecule is CC(=O)Nc1ccc(F)cc1NS(=O)(=O)c1cccc(C)c1. The maximum Gasteiger partial charge on any atom is 0.261 e. The van der Waals surface area contributed by atoms with Crippen molar-refractivity contribution < 1.29 is 17.6 Å². The molecule has 2 aromatic carbocycles. The average molecular weight is 322 g/mol. The van der Waals surface area contributed by atoms with E-state index < -0.39 is 15.8 Å². The monoisotopic (exact) mass is 322 g/mol. The van der Waals surface area contributed by atoms with Crippen LogP contribution in [0.5, 0.6) is 0 Å². The number of amides is 1. The van der Waals surface area contributed by atoms with Crippen LogP contribution in [-0.2, 0) is 14.8 Å². The first-order chi connectivity index (χ1) is 10.3. The number of halogens is 1. The van der Waals surface area contributed by atoms with E-state index in [4.69, 9.17) is 0 Å². The Labute approximate surface area is 128 Å². The normalized spacial score (nSPS) is 11.0. The Hall–Kier alpha value is -2.41. The number of sulfonamides is 1. The fraction of sp³-hybridized carbons (Fsp3) is 0.133. The fourth-order valence-corrected chi connectivity index (χ4v) is 3.06. The van der Waals surface area contributed by atoms with Crippen molar-refractivity contribution in [3.63, 3.8) is 0 Å². The maximum absolute atomic E-state index is 13.4. The van der Waals surface area contributed by atoms with Crippen molar-refractivity contribution in [1.82, 2.24) is 0 Å². The molecule has 2 N–H and O–H groups in total. The summed E-state index contributed by atoms with van der Waals surface area (Å²) in [6, 6.07) is 9.76. The molecule has 0 aliphatic heterocycles. The molecule has 0 heterocycles. The molecule has 0 atom stereocenters. The smallest absolute Gasteiger partial charge is 0.261 e. The molecule has 0 radical (unpaired) electrons. The molecular weight excluding hydrogens is 307 g/mol. The number of benzene rings is 2. The van der Waals surface area contributed by atoms with Gasteiger partial charge in [-0.15, -0.1) is 0 Å². The molecule has 22 heavy (non-hydrogen) atoms. The highest BCUT2D eigenvalue weighted by Gasteiger charge is 2.17. The summed E-state index contributed by atoms with van der Waals surface area (Å²) in [7, 11) is -3.88. The predicted molar refractivity (Wildman–Crippen MR) is 82.7 cm³/mol. The minimum absolute atomic E-state index is 0.0308. The number of carbonyl (C=O) groups excluding carboxylic acids is 1. The highest BCUT2D eigenvalue weighted by molar-refractivity contribution is 7.92. The fourth-order valence-electron chi connectivity index (χ4n) is 1.89. The third kappa shape index (κ3) is 3.82. The Morgan fingerprint density at radius 2 is 1.82 bits per heavy atom. The van der Waals surface area contributed by atoms with Crippen LogP contribution in [0, 0.1) is 12.7 Å². The van der Waals surface area contributed by atoms with Gasteiger partial charge >= 0.3 is 0 Å². The number of hydrogen-bond donors (Lipinski definition) is 2. The van der Waals surface area contributed by atoms with Gasteiger partial charge in [0.2, 0.25) is 5.91 Å². The predicted octanol–water partition coefficient (Wildman–Crippen LogP) is 2.89. The van der Waals surface area contributed by atoms with Crippen molar-refractivity contribution in [2.45, 2.75) is 18.7 Å². The molecule has 0 unspecified atom stereocenters. The summed E-state index contributed by atoms with van der Waals surface area (Å²) in [5, 5.41) is 2.45. The third-order valence-corrected chi connectivity index (χ3v) is 4.20. The van der Waals surface area contributed by atoms with Gasteiger partial charge in [0.05, 0.1) is 16.3 Å². The molecule has 2 rings (SSSR count). The van der Waals surface area contributed by atoms with Gasteiger partial charge in [-0.3, -0.25) is 9.52 Å². The van der Waals surface area contributed by atoms with Crippen molar-refractivity contribution in [3.8, 4) is 0 Å². The molecule has 0 saturated carbocycles. The van der Waals surface area contributed by atoms with E-state index in [9.17, 15) is 17.6 Å². The molecule has 0 aliphatic rings. The van der Waals surface area contributed by atoms with Gasteiger partial charge < -0.3 is 5.32 Å². The zero-order valence-corrected chi connectivity index (χ0v) is 12.9. The average Bonchev–Trinajstić information content (AvgIpc) is 2.41. The van der Waals surface area contributed by atoms with Crippen LogP contribution in [-0.4, -0.2) is 14.3 Å². The van der Waals surface area contributed by atoms with Crippen LogP contribution in [0.2, 0.25) is 0 Å². The Balaban J connectivity index is 2.41. The number of nitrogens with one attached hydrogen (secondary N) is 2. The Kier molecular flexibility index (Phi) is 4.46. The van der Waals surface area contributed by atoms with E-state index in [1.54, 1.807) is 19.1 Å². The first-order valence-corrected chi connectivity index (χ1v) is 7.93. The second-order valence-electron chi connectivity index (χ2n) is 4.79. The summed E-state index contributed by atoms with van der Waals surface area (Å²) in [5.74, 6) is -1.00. The van der Waals surface area contributed by atoms with Crippen molar-refractivity contribution in [3.05, 3.63) is 53.8 Å². The van der Waals surface area contributed by atoms with Crippen molar-refractivity contribution in [2.24, 2.45) is 0 Å². The van der Waals surface area contributed by atoms with Gasteiger partial charge in [-0.2, -0.15) is 0 Å². The Morgan fingerprint density at radius 1 is 1.09 bits per heavy atom. The van der Waals surface area contributed by atoms with Crippen LogP contribution in [0.1, 0.15) is 12.5 Å². The van der Waals surface area contributed by atoms with Crippen molar-refractivity contribution in [1.29, 1.82) is 0 Å². The zero-order valence-electron chi connectivity index (χ0n) is 12.1. The van der Waals surface area contributed by atoms with E-state index in [2.05, 4.69) is 10.0 Å². The van der Waals surface area contributed by atoms with Crippen LogP contribution >= 0.6 is 0 Å². The summed E-state index contributed by atoms with van der Waals surface area (Å²) < 4.78 is 40.4. The molecular formula is C15H15FN2O3S. The summed E-state index contributed by atoms with van der Waals surface area (Å²) in [6.07, 6.45) is 0. The van der Waals surface area contributed by atoms with Gasteiger partial charge in [0.25, 0.3) is 10.0 Å². The number of aryl methyl sites for hydroxylation is 1. The second-order valence-corrected chi connectivity index (χ2v) is 6.48. The number of anilines is 2. The molecule has 0 bridgehead atoms. The summed E-state index contributed by atoms with van der Waals surface area (Å²) in [5.41, 5.74) is 0.936. The molecule has 0 aromatic heterocycles. The number of rotatable bonds is 4. The van der Waals surface area contributed by atoms with Crippen molar-refractivity contribution in [2.75, 3.05) is 10.0 Å². The molecule has 1 amide bonds. The quantitative estimate of drug-likeness (QED) is 0.909. The molecule has 0 aliphatic carbocycles. The minimum atomic E-state index is -3.88. The molecule has 0 saturated heterocycles. The standard InChI is InChI=1S/C15H15FN2O3S/c1-10-4-3-5-13(8-10)22(20,21)18-15-9-12(16)6-7-14(15)17-11(2)19/h3-9,18H,1-2H3,(H,17,19). The van der Waals surface area contributed by atoms with Crippen LogP contribution in [0.4, 0.5) is 15.8 Å². The van der Waals surface area contributed by atoms with Gasteiger partial charge in [0, 0.05) is 13.0 Å². The highest BCUT2D eigenvalue weighted by atomic mass is 32.2. The lowest BCUT2D eigenvalue weighted by Crippen LogP contribution is -2.16. The number of hydrogen-bond acceptors (Lipinski definition) is 3. The molecule has 0 spiro atoms. The van der Waals surface area contributed by atoms with E-state index in [1.165, 1.54) is 25.1 Å². The Bertz CT molecular complexity index is 819. The van der Waals surface area contributed by atoms with E-state index in [-0.39, 0.29) is 22.2 Å². The minimum Gasteiger partial charge on any atom is -0.325 e. The largest absolute Gasteiger partial charge is 0.325 e. The molecule has 116 valence electrons.